The number of hydrogen-bond donors (Lipinski definition) is 6. The van der Waals surface area contributed by atoms with Gasteiger partial charge >= 0.3 is 11.9 Å². The van der Waals surface area contributed by atoms with Crippen molar-refractivity contribution in [2.24, 2.45) is 0 Å². The third-order valence-electron chi connectivity index (χ3n) is 8.92. The zero-order valence-corrected chi connectivity index (χ0v) is 30.0. The quantitative estimate of drug-likeness (QED) is 0.113. The van der Waals surface area contributed by atoms with Gasteiger partial charge in [0.2, 0.25) is 15.9 Å². The topological polar surface area (TPSA) is 177 Å². The van der Waals surface area contributed by atoms with Crippen LogP contribution in [0.4, 0.5) is 5.69 Å². The summed E-state index contributed by atoms with van der Waals surface area (Å²) < 4.78 is 32.5. The highest BCUT2D eigenvalue weighted by Crippen LogP contribution is 2.37. The van der Waals surface area contributed by atoms with Crippen LogP contribution in [0.2, 0.25) is 5.02 Å². The van der Waals surface area contributed by atoms with E-state index in [0.717, 1.165) is 34.6 Å². The summed E-state index contributed by atoms with van der Waals surface area (Å²) in [7, 11) is -3.92. The van der Waals surface area contributed by atoms with Crippen LogP contribution in [-0.2, 0) is 43.8 Å². The Hall–Kier alpha value is -3.66. The molecule has 0 aliphatic carbocycles. The number of carbonyl (C=O) groups is 3. The van der Waals surface area contributed by atoms with Gasteiger partial charge in [0, 0.05) is 18.0 Å². The maximum atomic E-state index is 13.3. The first-order chi connectivity index (χ1) is 23.9. The third kappa shape index (κ3) is 9.77. The second kappa shape index (κ2) is 17.0. The molecule has 0 aromatic heterocycles. The normalized spacial score (nSPS) is 18.6. The summed E-state index contributed by atoms with van der Waals surface area (Å²) in [6.07, 6.45) is 4.05. The lowest BCUT2D eigenvalue weighted by molar-refractivity contribution is -0.149. The van der Waals surface area contributed by atoms with Gasteiger partial charge in [-0.1, -0.05) is 66.2 Å². The number of aryl methyl sites for hydroxylation is 2. The average Bonchev–Trinajstić information content (AvgIpc) is 3.60. The molecular weight excluding hydrogens is 702 g/mol. The van der Waals surface area contributed by atoms with Crippen LogP contribution in [0.25, 0.3) is 0 Å². The highest BCUT2D eigenvalue weighted by atomic mass is 35.5. The molecule has 0 bridgehead atoms. The summed E-state index contributed by atoms with van der Waals surface area (Å²) >= 11 is 7.85. The number of carboxylic acid groups (broad SMARTS) is 2. The van der Waals surface area contributed by atoms with Crippen molar-refractivity contribution in [1.82, 2.24) is 19.7 Å². The van der Waals surface area contributed by atoms with E-state index in [1.165, 1.54) is 22.4 Å². The SMILES string of the molecule is C[C@H](NC(CCCc1ccc(CNS(=O)(=O)c2cc3c(cc2Cl)NC(CCc2ccccc2)NS3)cc1)C(=O)O)C(=O)N1CCC[C@H]1C(=O)O. The summed E-state index contributed by atoms with van der Waals surface area (Å²) in [6, 6.07) is 18.1. The lowest BCUT2D eigenvalue weighted by atomic mass is 10.0. The Morgan fingerprint density at radius 3 is 2.42 bits per heavy atom. The molecule has 5 rings (SSSR count). The number of halogens is 1. The minimum atomic E-state index is -3.92. The fraction of sp³-hybridized carbons (Fsp3) is 0.400. The van der Waals surface area contributed by atoms with Gasteiger partial charge < -0.3 is 20.4 Å². The van der Waals surface area contributed by atoms with E-state index in [-0.39, 0.29) is 29.0 Å². The molecule has 1 fully saturated rings. The molecule has 0 saturated carbocycles. The lowest BCUT2D eigenvalue weighted by Gasteiger charge is -2.28. The van der Waals surface area contributed by atoms with Gasteiger partial charge in [0.25, 0.3) is 0 Å². The first-order valence-electron chi connectivity index (χ1n) is 16.6. The molecule has 3 aromatic carbocycles. The Bertz CT molecular complexity index is 1780. The van der Waals surface area contributed by atoms with Crippen LogP contribution in [0.3, 0.4) is 0 Å². The minimum absolute atomic E-state index is 0.00286. The van der Waals surface area contributed by atoms with Crippen LogP contribution >= 0.6 is 23.5 Å². The third-order valence-corrected chi connectivity index (χ3v) is 11.7. The van der Waals surface area contributed by atoms with Crippen molar-refractivity contribution in [3.05, 3.63) is 88.4 Å². The predicted octanol–water partition coefficient (Wildman–Crippen LogP) is 4.63. The number of aliphatic carboxylic acids is 2. The number of amides is 1. The van der Waals surface area contributed by atoms with E-state index < -0.39 is 46.0 Å². The monoisotopic (exact) mass is 743 g/mol. The van der Waals surface area contributed by atoms with Crippen LogP contribution < -0.4 is 20.1 Å². The van der Waals surface area contributed by atoms with Gasteiger partial charge in [-0.3, -0.25) is 14.9 Å². The van der Waals surface area contributed by atoms with E-state index in [4.69, 9.17) is 11.6 Å². The van der Waals surface area contributed by atoms with Gasteiger partial charge in [-0.15, -0.1) is 0 Å². The highest BCUT2D eigenvalue weighted by Gasteiger charge is 2.36. The van der Waals surface area contributed by atoms with Crippen LogP contribution in [-0.4, -0.2) is 72.2 Å². The molecule has 15 heteroatoms. The van der Waals surface area contributed by atoms with E-state index in [1.807, 2.05) is 42.5 Å². The Morgan fingerprint density at radius 2 is 1.72 bits per heavy atom. The standard InChI is InChI=1S/C35H42ClN5O7S2/c1-22(33(42)41-18-6-11-29(41)35(45)46)38-27(34(43)44)10-5-9-24-12-14-25(15-13-24)21-37-50(47,48)31-20-30-28(19-26(31)36)39-32(40-49-30)17-16-23-7-3-2-4-8-23/h2-4,7-8,12-15,19-20,22,27,29,32,37-40H,5-6,9-11,16-18,21H2,1H3,(H,43,44)(H,45,46)/t22-,27?,29-,32?/m0/s1. The fourth-order valence-electron chi connectivity index (χ4n) is 6.15. The van der Waals surface area contributed by atoms with Crippen molar-refractivity contribution in [2.45, 2.75) is 92.5 Å². The van der Waals surface area contributed by atoms with Gasteiger partial charge in [0.05, 0.1) is 22.9 Å². The Balaban J connectivity index is 1.09. The van der Waals surface area contributed by atoms with Crippen LogP contribution in [0.5, 0.6) is 0 Å². The maximum absolute atomic E-state index is 13.3. The Morgan fingerprint density at radius 1 is 1.02 bits per heavy atom. The van der Waals surface area contributed by atoms with Gasteiger partial charge in [0.15, 0.2) is 0 Å². The van der Waals surface area contributed by atoms with Gasteiger partial charge in [-0.25, -0.2) is 22.7 Å². The number of nitrogens with one attached hydrogen (secondary N) is 4. The first kappa shape index (κ1) is 37.6. The van der Waals surface area contributed by atoms with Crippen molar-refractivity contribution in [3.63, 3.8) is 0 Å². The van der Waals surface area contributed by atoms with Crippen LogP contribution in [0.15, 0.2) is 76.5 Å². The Labute approximate surface area is 301 Å². The highest BCUT2D eigenvalue weighted by molar-refractivity contribution is 7.97. The zero-order valence-electron chi connectivity index (χ0n) is 27.6. The molecule has 268 valence electrons. The van der Waals surface area contributed by atoms with Crippen molar-refractivity contribution in [1.29, 1.82) is 0 Å². The van der Waals surface area contributed by atoms with Crippen LogP contribution in [0.1, 0.15) is 55.7 Å². The van der Waals surface area contributed by atoms with E-state index in [1.54, 1.807) is 19.1 Å². The largest absolute Gasteiger partial charge is 0.480 e. The number of rotatable bonds is 16. The van der Waals surface area contributed by atoms with Crippen molar-refractivity contribution in [2.75, 3.05) is 11.9 Å². The molecule has 1 saturated heterocycles. The number of likely N-dealkylation sites (tertiary alicyclic amines) is 1. The molecule has 50 heavy (non-hydrogen) atoms. The number of anilines is 1. The van der Waals surface area contributed by atoms with Gasteiger partial charge in [-0.05, 0) is 92.6 Å². The number of carboxylic acids is 2. The fourth-order valence-corrected chi connectivity index (χ4v) is 8.65. The number of nitrogens with zero attached hydrogens (tertiary/aromatic N) is 1. The predicted molar refractivity (Wildman–Crippen MR) is 192 cm³/mol. The number of sulfonamides is 1. The molecule has 2 unspecified atom stereocenters. The van der Waals surface area contributed by atoms with Gasteiger partial charge in [-0.2, -0.15) is 0 Å². The molecular formula is C35H42ClN5O7S2. The molecule has 2 aliphatic rings. The first-order valence-corrected chi connectivity index (χ1v) is 19.2. The van der Waals surface area contributed by atoms with E-state index in [2.05, 4.69) is 32.2 Å². The zero-order chi connectivity index (χ0) is 35.8. The van der Waals surface area contributed by atoms with Gasteiger partial charge in [0.1, 0.15) is 17.0 Å². The summed E-state index contributed by atoms with van der Waals surface area (Å²) in [5.74, 6) is -2.56. The average molecular weight is 744 g/mol. The molecule has 0 radical (unpaired) electrons. The number of fused-ring (bicyclic) bond motifs is 1. The van der Waals surface area contributed by atoms with E-state index in [9.17, 15) is 33.0 Å². The number of carbonyl (C=O) groups excluding carboxylic acids is 1. The van der Waals surface area contributed by atoms with Crippen molar-refractivity contribution >= 4 is 57.1 Å². The molecule has 6 N–H and O–H groups in total. The second-order valence-electron chi connectivity index (χ2n) is 12.6. The second-order valence-corrected chi connectivity index (χ2v) is 15.6. The minimum Gasteiger partial charge on any atom is -0.480 e. The number of benzene rings is 3. The lowest BCUT2D eigenvalue weighted by Crippen LogP contribution is -2.53. The smallest absolute Gasteiger partial charge is 0.326 e. The summed E-state index contributed by atoms with van der Waals surface area (Å²) in [5, 5.41) is 25.5. The number of hydrogen-bond acceptors (Lipinski definition) is 9. The Kier molecular flexibility index (Phi) is 12.8. The summed E-state index contributed by atoms with van der Waals surface area (Å²) in [4.78, 5) is 38.2. The molecule has 0 spiro atoms. The molecule has 4 atom stereocenters. The van der Waals surface area contributed by atoms with Crippen LogP contribution in [0, 0.1) is 0 Å². The molecule has 2 heterocycles. The summed E-state index contributed by atoms with van der Waals surface area (Å²) in [5.41, 5.74) is 3.70. The molecule has 3 aromatic rings. The summed E-state index contributed by atoms with van der Waals surface area (Å²) in [6.45, 7) is 1.94. The van der Waals surface area contributed by atoms with Crippen molar-refractivity contribution in [3.8, 4) is 0 Å². The molecule has 1 amide bonds. The maximum Gasteiger partial charge on any atom is 0.326 e. The van der Waals surface area contributed by atoms with Crippen molar-refractivity contribution < 1.29 is 33.0 Å². The molecule has 2 aliphatic heterocycles. The molecule has 12 nitrogen and oxygen atoms in total. The van der Waals surface area contributed by atoms with E-state index >= 15 is 0 Å². The van der Waals surface area contributed by atoms with E-state index in [0.29, 0.717) is 32.2 Å².